The van der Waals surface area contributed by atoms with Gasteiger partial charge in [-0.15, -0.1) is 11.8 Å². The van der Waals surface area contributed by atoms with Crippen LogP contribution in [-0.2, 0) is 14.3 Å². The number of rotatable bonds is 8. The molecule has 0 aliphatic carbocycles. The van der Waals surface area contributed by atoms with Gasteiger partial charge < -0.3 is 9.64 Å². The van der Waals surface area contributed by atoms with Gasteiger partial charge in [-0.3, -0.25) is 9.59 Å². The molecule has 1 amide bonds. The molecule has 0 spiro atoms. The first-order valence-electron chi connectivity index (χ1n) is 6.12. The van der Waals surface area contributed by atoms with Gasteiger partial charge in [-0.2, -0.15) is 0 Å². The Hall–Kier alpha value is -0.970. The number of ether oxygens (including phenoxy) is 1. The molecule has 0 saturated carbocycles. The van der Waals surface area contributed by atoms with Crippen LogP contribution >= 0.6 is 11.8 Å². The Morgan fingerprint density at radius 3 is 2.44 bits per heavy atom. The molecule has 1 unspecified atom stereocenters. The molecule has 0 aromatic heterocycles. The Balaban J connectivity index is 4.22. The molecule has 0 heterocycles. The van der Waals surface area contributed by atoms with Gasteiger partial charge in [-0.25, -0.2) is 0 Å². The van der Waals surface area contributed by atoms with Gasteiger partial charge in [-0.1, -0.05) is 12.2 Å². The van der Waals surface area contributed by atoms with E-state index in [2.05, 4.69) is 6.58 Å². The van der Waals surface area contributed by atoms with Crippen LogP contribution in [0.25, 0.3) is 0 Å². The van der Waals surface area contributed by atoms with Crippen LogP contribution in [-0.4, -0.2) is 47.5 Å². The predicted octanol–water partition coefficient (Wildman–Crippen LogP) is 2.10. The Bertz CT molecular complexity index is 305. The van der Waals surface area contributed by atoms with Crippen LogP contribution in [0.5, 0.6) is 0 Å². The zero-order valence-electron chi connectivity index (χ0n) is 11.7. The van der Waals surface area contributed by atoms with Crippen molar-refractivity contribution in [3.63, 3.8) is 0 Å². The summed E-state index contributed by atoms with van der Waals surface area (Å²) in [5.41, 5.74) is 0.952. The fourth-order valence-corrected chi connectivity index (χ4v) is 2.16. The Morgan fingerprint density at radius 1 is 1.39 bits per heavy atom. The van der Waals surface area contributed by atoms with Crippen LogP contribution in [0.2, 0.25) is 0 Å². The first-order chi connectivity index (χ1) is 8.42. The molecule has 0 aromatic rings. The summed E-state index contributed by atoms with van der Waals surface area (Å²) in [6, 6.07) is 0. The van der Waals surface area contributed by atoms with Crippen LogP contribution in [0.1, 0.15) is 27.7 Å². The zero-order chi connectivity index (χ0) is 14.1. The average molecular weight is 273 g/mol. The quantitative estimate of drug-likeness (QED) is 0.502. The minimum absolute atomic E-state index is 0.0369. The van der Waals surface area contributed by atoms with Gasteiger partial charge >= 0.3 is 5.97 Å². The maximum Gasteiger partial charge on any atom is 0.315 e. The lowest BCUT2D eigenvalue weighted by Crippen LogP contribution is -2.37. The van der Waals surface area contributed by atoms with Gasteiger partial charge in [0, 0.05) is 13.1 Å². The van der Waals surface area contributed by atoms with E-state index in [4.69, 9.17) is 4.74 Å². The number of carbonyl (C=O) groups excluding carboxylic acids is 2. The molecule has 104 valence electrons. The van der Waals surface area contributed by atoms with E-state index >= 15 is 0 Å². The van der Waals surface area contributed by atoms with Crippen LogP contribution < -0.4 is 0 Å². The first kappa shape index (κ1) is 17.0. The van der Waals surface area contributed by atoms with Crippen molar-refractivity contribution in [1.29, 1.82) is 0 Å². The van der Waals surface area contributed by atoms with Gasteiger partial charge in [0.2, 0.25) is 5.91 Å². The van der Waals surface area contributed by atoms with Gasteiger partial charge in [-0.05, 0) is 27.7 Å². The van der Waals surface area contributed by atoms with E-state index in [-0.39, 0.29) is 22.9 Å². The largest absolute Gasteiger partial charge is 0.465 e. The molecule has 0 N–H and O–H groups in total. The Kier molecular flexibility index (Phi) is 8.54. The second kappa shape index (κ2) is 9.03. The molecule has 0 aromatic carbocycles. The van der Waals surface area contributed by atoms with E-state index < -0.39 is 0 Å². The lowest BCUT2D eigenvalue weighted by atomic mass is 10.3. The smallest absolute Gasteiger partial charge is 0.315 e. The van der Waals surface area contributed by atoms with Crippen molar-refractivity contribution >= 4 is 23.6 Å². The summed E-state index contributed by atoms with van der Waals surface area (Å²) < 4.78 is 4.82. The van der Waals surface area contributed by atoms with Crippen LogP contribution in [0, 0.1) is 0 Å². The molecule has 0 saturated heterocycles. The lowest BCUT2D eigenvalue weighted by Gasteiger charge is -2.24. The van der Waals surface area contributed by atoms with Gasteiger partial charge in [0.05, 0.1) is 17.6 Å². The number of likely N-dealkylation sites (N-methyl/N-ethyl adjacent to an activating group) is 1. The average Bonchev–Trinajstić information content (AvgIpc) is 2.32. The number of thioether (sulfide) groups is 1. The number of carbonyl (C=O) groups is 2. The Morgan fingerprint density at radius 2 is 2.00 bits per heavy atom. The highest BCUT2D eigenvalue weighted by molar-refractivity contribution is 8.01. The van der Waals surface area contributed by atoms with E-state index in [1.165, 1.54) is 11.8 Å². The van der Waals surface area contributed by atoms with Gasteiger partial charge in [0.15, 0.2) is 0 Å². The number of amides is 1. The standard InChI is InChI=1S/C13H23NO3S/c1-6-14(8-10(3)4)13(16)11(5)18-9-12(15)17-7-2/h11H,3,6-9H2,1-2,4-5H3. The van der Waals surface area contributed by atoms with Crippen LogP contribution in [0.15, 0.2) is 12.2 Å². The van der Waals surface area contributed by atoms with Crippen molar-refractivity contribution in [2.75, 3.05) is 25.4 Å². The Labute approximate surface area is 114 Å². The third-order valence-electron chi connectivity index (χ3n) is 2.26. The molecular weight excluding hydrogens is 250 g/mol. The van der Waals surface area contributed by atoms with Gasteiger partial charge in [0.1, 0.15) is 0 Å². The normalized spacial score (nSPS) is 11.8. The summed E-state index contributed by atoms with van der Waals surface area (Å²) in [6.07, 6.45) is 0. The van der Waals surface area contributed by atoms with Crippen molar-refractivity contribution in [1.82, 2.24) is 4.90 Å². The van der Waals surface area contributed by atoms with Crippen molar-refractivity contribution in [2.24, 2.45) is 0 Å². The summed E-state index contributed by atoms with van der Waals surface area (Å²) in [7, 11) is 0. The van der Waals surface area contributed by atoms with E-state index in [0.29, 0.717) is 19.7 Å². The summed E-state index contributed by atoms with van der Waals surface area (Å²) >= 11 is 1.31. The second-order valence-electron chi connectivity index (χ2n) is 4.07. The number of esters is 1. The number of hydrogen-bond donors (Lipinski definition) is 0. The topological polar surface area (TPSA) is 46.6 Å². The third-order valence-corrected chi connectivity index (χ3v) is 3.36. The molecule has 0 radical (unpaired) electrons. The molecular formula is C13H23NO3S. The van der Waals surface area contributed by atoms with Crippen molar-refractivity contribution in [3.8, 4) is 0 Å². The van der Waals surface area contributed by atoms with Crippen molar-refractivity contribution < 1.29 is 14.3 Å². The molecule has 18 heavy (non-hydrogen) atoms. The monoisotopic (exact) mass is 273 g/mol. The molecule has 0 bridgehead atoms. The predicted molar refractivity (Wildman–Crippen MR) is 75.6 cm³/mol. The van der Waals surface area contributed by atoms with Crippen LogP contribution in [0.3, 0.4) is 0 Å². The highest BCUT2D eigenvalue weighted by Gasteiger charge is 2.20. The summed E-state index contributed by atoms with van der Waals surface area (Å²) in [4.78, 5) is 25.0. The molecule has 4 nitrogen and oxygen atoms in total. The second-order valence-corrected chi connectivity index (χ2v) is 5.40. The van der Waals surface area contributed by atoms with Crippen LogP contribution in [0.4, 0.5) is 0 Å². The molecule has 5 heteroatoms. The molecule has 1 atom stereocenters. The van der Waals surface area contributed by atoms with E-state index in [9.17, 15) is 9.59 Å². The first-order valence-corrected chi connectivity index (χ1v) is 7.17. The van der Waals surface area contributed by atoms with Crippen molar-refractivity contribution in [2.45, 2.75) is 32.9 Å². The molecule has 0 aliphatic heterocycles. The minimum Gasteiger partial charge on any atom is -0.465 e. The highest BCUT2D eigenvalue weighted by atomic mass is 32.2. The summed E-state index contributed by atoms with van der Waals surface area (Å²) in [6.45, 7) is 12.8. The maximum atomic E-state index is 12.1. The molecule has 0 fully saturated rings. The number of nitrogens with zero attached hydrogens (tertiary/aromatic N) is 1. The molecule has 0 aliphatic rings. The van der Waals surface area contributed by atoms with Crippen molar-refractivity contribution in [3.05, 3.63) is 12.2 Å². The van der Waals surface area contributed by atoms with E-state index in [0.717, 1.165) is 5.57 Å². The van der Waals surface area contributed by atoms with E-state index in [1.54, 1.807) is 11.8 Å². The fourth-order valence-electron chi connectivity index (χ4n) is 1.40. The summed E-state index contributed by atoms with van der Waals surface area (Å²) in [5, 5.41) is -0.242. The maximum absolute atomic E-state index is 12.1. The minimum atomic E-state index is -0.273. The van der Waals surface area contributed by atoms with E-state index in [1.807, 2.05) is 20.8 Å². The molecule has 0 rings (SSSR count). The SMILES string of the molecule is C=C(C)CN(CC)C(=O)C(C)SCC(=O)OCC. The number of hydrogen-bond acceptors (Lipinski definition) is 4. The highest BCUT2D eigenvalue weighted by Crippen LogP contribution is 2.14. The summed E-state index contributed by atoms with van der Waals surface area (Å²) in [5.74, 6) is -0.0225. The van der Waals surface area contributed by atoms with Gasteiger partial charge in [0.25, 0.3) is 0 Å². The zero-order valence-corrected chi connectivity index (χ0v) is 12.5. The fraction of sp³-hybridized carbons (Fsp3) is 0.692. The third kappa shape index (κ3) is 6.69. The lowest BCUT2D eigenvalue weighted by molar-refractivity contribution is -0.139.